The topological polar surface area (TPSA) is 52.2 Å². The molecule has 1 aromatic carbocycles. The molecule has 1 N–H and O–H groups in total. The van der Waals surface area contributed by atoms with Crippen molar-refractivity contribution in [1.82, 2.24) is 14.9 Å². The molecular weight excluding hydrogens is 348 g/mol. The summed E-state index contributed by atoms with van der Waals surface area (Å²) in [6.45, 7) is 11.0. The van der Waals surface area contributed by atoms with Crippen LogP contribution in [0.4, 0.5) is 5.95 Å². The van der Waals surface area contributed by atoms with E-state index in [1.165, 1.54) is 5.56 Å². The second-order valence-electron chi connectivity index (χ2n) is 8.00. The average molecular weight is 383 g/mol. The maximum atomic E-state index is 12.9. The Morgan fingerprint density at radius 1 is 1.14 bits per heavy atom. The predicted octanol–water partition coefficient (Wildman–Crippen LogP) is 4.30. The summed E-state index contributed by atoms with van der Waals surface area (Å²) in [7, 11) is 0. The van der Waals surface area contributed by atoms with Gasteiger partial charge in [0, 0.05) is 38.6 Å². The van der Waals surface area contributed by atoms with Crippen LogP contribution in [-0.4, -0.2) is 34.5 Å². The van der Waals surface area contributed by atoms with Crippen molar-refractivity contribution in [2.45, 2.75) is 65.5 Å². The molecule has 2 heterocycles. The number of aromatic amines is 1. The highest BCUT2D eigenvalue weighted by Gasteiger charge is 2.27. The minimum absolute atomic E-state index is 0.0302. The second-order valence-corrected chi connectivity index (χ2v) is 8.00. The SMILES string of the molecule is CCCCN(CCCC)c1nc2c(c(=O)[nH]1)CN(Cc1ccccc1)CC2C. The molecule has 0 radical (unpaired) electrons. The van der Waals surface area contributed by atoms with Gasteiger partial charge >= 0.3 is 0 Å². The van der Waals surface area contributed by atoms with Crippen LogP contribution in [0.5, 0.6) is 0 Å². The Morgan fingerprint density at radius 3 is 2.46 bits per heavy atom. The quantitative estimate of drug-likeness (QED) is 0.703. The maximum absolute atomic E-state index is 12.9. The normalized spacial score (nSPS) is 16.8. The lowest BCUT2D eigenvalue weighted by atomic mass is 9.97. The maximum Gasteiger partial charge on any atom is 0.257 e. The molecule has 0 amide bonds. The molecule has 0 aliphatic carbocycles. The fraction of sp³-hybridized carbons (Fsp3) is 0.565. The zero-order chi connectivity index (χ0) is 19.9. The van der Waals surface area contributed by atoms with Crippen LogP contribution < -0.4 is 10.5 Å². The van der Waals surface area contributed by atoms with Crippen LogP contribution in [0.1, 0.15) is 69.2 Å². The summed E-state index contributed by atoms with van der Waals surface area (Å²) in [5, 5.41) is 0. The fourth-order valence-corrected chi connectivity index (χ4v) is 3.96. The van der Waals surface area contributed by atoms with E-state index in [1.807, 2.05) is 6.07 Å². The minimum Gasteiger partial charge on any atom is -0.342 e. The van der Waals surface area contributed by atoms with Crippen molar-refractivity contribution in [1.29, 1.82) is 0 Å². The molecule has 1 aliphatic rings. The molecule has 1 aromatic heterocycles. The number of nitrogens with zero attached hydrogens (tertiary/aromatic N) is 3. The van der Waals surface area contributed by atoms with Crippen molar-refractivity contribution in [3.05, 3.63) is 57.5 Å². The van der Waals surface area contributed by atoms with E-state index in [0.717, 1.165) is 69.1 Å². The van der Waals surface area contributed by atoms with E-state index in [2.05, 4.69) is 59.8 Å². The number of benzene rings is 1. The molecule has 0 bridgehead atoms. The van der Waals surface area contributed by atoms with Crippen LogP contribution in [0, 0.1) is 0 Å². The van der Waals surface area contributed by atoms with E-state index in [1.54, 1.807) is 0 Å². The molecule has 0 spiro atoms. The Kier molecular flexibility index (Phi) is 7.26. The first-order chi connectivity index (χ1) is 13.6. The van der Waals surface area contributed by atoms with Crippen LogP contribution in [0.2, 0.25) is 0 Å². The number of hydrogen-bond donors (Lipinski definition) is 1. The zero-order valence-electron chi connectivity index (χ0n) is 17.6. The Hall–Kier alpha value is -2.14. The van der Waals surface area contributed by atoms with E-state index in [4.69, 9.17) is 4.98 Å². The van der Waals surface area contributed by atoms with Gasteiger partial charge < -0.3 is 4.90 Å². The van der Waals surface area contributed by atoms with Gasteiger partial charge in [0.2, 0.25) is 5.95 Å². The molecular formula is C23H34N4O. The third-order valence-electron chi connectivity index (χ3n) is 5.53. The lowest BCUT2D eigenvalue weighted by Gasteiger charge is -2.33. The van der Waals surface area contributed by atoms with Crippen molar-refractivity contribution in [2.24, 2.45) is 0 Å². The lowest BCUT2D eigenvalue weighted by Crippen LogP contribution is -2.39. The van der Waals surface area contributed by atoms with Crippen LogP contribution in [-0.2, 0) is 13.1 Å². The number of fused-ring (bicyclic) bond motifs is 1. The Balaban J connectivity index is 1.82. The molecule has 0 saturated heterocycles. The van der Waals surface area contributed by atoms with Gasteiger partial charge in [-0.05, 0) is 18.4 Å². The van der Waals surface area contributed by atoms with Crippen molar-refractivity contribution >= 4 is 5.95 Å². The highest BCUT2D eigenvalue weighted by atomic mass is 16.1. The number of hydrogen-bond acceptors (Lipinski definition) is 4. The van der Waals surface area contributed by atoms with Crippen LogP contribution in [0.15, 0.2) is 35.1 Å². The van der Waals surface area contributed by atoms with Crippen molar-refractivity contribution < 1.29 is 0 Å². The number of anilines is 1. The van der Waals surface area contributed by atoms with Crippen LogP contribution in [0.3, 0.4) is 0 Å². The highest BCUT2D eigenvalue weighted by Crippen LogP contribution is 2.26. The summed E-state index contributed by atoms with van der Waals surface area (Å²) in [4.78, 5) is 25.6. The largest absolute Gasteiger partial charge is 0.342 e. The summed E-state index contributed by atoms with van der Waals surface area (Å²) in [5.41, 5.74) is 3.14. The number of nitrogens with one attached hydrogen (secondary N) is 1. The fourth-order valence-electron chi connectivity index (χ4n) is 3.96. The molecule has 1 unspecified atom stereocenters. The third-order valence-corrected chi connectivity index (χ3v) is 5.53. The van der Waals surface area contributed by atoms with Gasteiger partial charge in [-0.15, -0.1) is 0 Å². The monoisotopic (exact) mass is 382 g/mol. The minimum atomic E-state index is 0.0302. The van der Waals surface area contributed by atoms with E-state index in [-0.39, 0.29) is 11.5 Å². The summed E-state index contributed by atoms with van der Waals surface area (Å²) < 4.78 is 0. The number of unbranched alkanes of at least 4 members (excludes halogenated alkanes) is 2. The molecule has 5 nitrogen and oxygen atoms in total. The molecule has 28 heavy (non-hydrogen) atoms. The van der Waals surface area contributed by atoms with E-state index in [0.29, 0.717) is 6.54 Å². The van der Waals surface area contributed by atoms with Gasteiger partial charge in [0.1, 0.15) is 0 Å². The smallest absolute Gasteiger partial charge is 0.257 e. The van der Waals surface area contributed by atoms with E-state index < -0.39 is 0 Å². The van der Waals surface area contributed by atoms with Crippen molar-refractivity contribution in [3.63, 3.8) is 0 Å². The zero-order valence-corrected chi connectivity index (χ0v) is 17.6. The number of rotatable bonds is 9. The molecule has 3 rings (SSSR count). The first-order valence-electron chi connectivity index (χ1n) is 10.8. The molecule has 1 atom stereocenters. The third kappa shape index (κ3) is 5.02. The van der Waals surface area contributed by atoms with Gasteiger partial charge in [-0.2, -0.15) is 0 Å². The first-order valence-corrected chi connectivity index (χ1v) is 10.8. The van der Waals surface area contributed by atoms with Gasteiger partial charge in [-0.1, -0.05) is 63.9 Å². The Labute approximate surface area is 168 Å². The van der Waals surface area contributed by atoms with Crippen molar-refractivity contribution in [3.8, 4) is 0 Å². The number of H-pyrrole nitrogens is 1. The molecule has 5 heteroatoms. The Morgan fingerprint density at radius 2 is 1.82 bits per heavy atom. The van der Waals surface area contributed by atoms with Crippen LogP contribution >= 0.6 is 0 Å². The van der Waals surface area contributed by atoms with Crippen molar-refractivity contribution in [2.75, 3.05) is 24.5 Å². The lowest BCUT2D eigenvalue weighted by molar-refractivity contribution is 0.222. The molecule has 2 aromatic rings. The molecule has 0 fully saturated rings. The standard InChI is InChI=1S/C23H34N4O/c1-4-6-13-27(14-7-5-2)23-24-21-18(3)15-26(17-20(21)22(28)25-23)16-19-11-9-8-10-12-19/h8-12,18H,4-7,13-17H2,1-3H3,(H,24,25,28). The summed E-state index contributed by atoms with van der Waals surface area (Å²) in [6.07, 6.45) is 4.52. The predicted molar refractivity (Wildman–Crippen MR) is 116 cm³/mol. The van der Waals surface area contributed by atoms with Crippen LogP contribution in [0.25, 0.3) is 0 Å². The highest BCUT2D eigenvalue weighted by molar-refractivity contribution is 5.36. The van der Waals surface area contributed by atoms with E-state index in [9.17, 15) is 4.79 Å². The number of aromatic nitrogens is 2. The van der Waals surface area contributed by atoms with Gasteiger partial charge in [0.15, 0.2) is 0 Å². The molecule has 1 aliphatic heterocycles. The second kappa shape index (κ2) is 9.87. The van der Waals surface area contributed by atoms with Gasteiger partial charge in [0.25, 0.3) is 5.56 Å². The molecule has 0 saturated carbocycles. The summed E-state index contributed by atoms with van der Waals surface area (Å²) in [6, 6.07) is 10.5. The first kappa shape index (κ1) is 20.6. The average Bonchev–Trinajstić information content (AvgIpc) is 2.69. The molecule has 152 valence electrons. The van der Waals surface area contributed by atoms with Gasteiger partial charge in [-0.3, -0.25) is 14.7 Å². The Bertz CT molecular complexity index is 794. The van der Waals surface area contributed by atoms with E-state index >= 15 is 0 Å². The summed E-state index contributed by atoms with van der Waals surface area (Å²) in [5.74, 6) is 1.02. The summed E-state index contributed by atoms with van der Waals surface area (Å²) >= 11 is 0. The van der Waals surface area contributed by atoms with Gasteiger partial charge in [-0.25, -0.2) is 4.98 Å². The van der Waals surface area contributed by atoms with Gasteiger partial charge in [0.05, 0.1) is 11.3 Å².